The van der Waals surface area contributed by atoms with Crippen molar-refractivity contribution in [3.8, 4) is 0 Å². The molecule has 1 aromatic rings. The number of rotatable bonds is 4. The number of nitrogens with one attached hydrogen (secondary N) is 1. The highest BCUT2D eigenvalue weighted by Crippen LogP contribution is 2.18. The molecule has 0 unspecified atom stereocenters. The monoisotopic (exact) mass is 211 g/mol. The van der Waals surface area contributed by atoms with Crippen LogP contribution in [0.2, 0.25) is 0 Å². The van der Waals surface area contributed by atoms with Gasteiger partial charge in [-0.05, 0) is 18.6 Å². The van der Waals surface area contributed by atoms with Crippen LogP contribution >= 0.6 is 0 Å². The van der Waals surface area contributed by atoms with Crippen molar-refractivity contribution in [1.82, 2.24) is 0 Å². The van der Waals surface area contributed by atoms with Gasteiger partial charge in [0, 0.05) is 6.54 Å². The van der Waals surface area contributed by atoms with Gasteiger partial charge in [-0.25, -0.2) is 4.39 Å². The Morgan fingerprint density at radius 1 is 1.53 bits per heavy atom. The van der Waals surface area contributed by atoms with Gasteiger partial charge in [0.15, 0.2) is 0 Å². The van der Waals surface area contributed by atoms with Gasteiger partial charge < -0.3 is 10.1 Å². The molecular formula is C11H14FNO2. The van der Waals surface area contributed by atoms with Crippen LogP contribution in [0.15, 0.2) is 18.2 Å². The van der Waals surface area contributed by atoms with Gasteiger partial charge >= 0.3 is 5.97 Å². The Hall–Kier alpha value is -1.58. The lowest BCUT2D eigenvalue weighted by molar-refractivity contribution is -0.140. The van der Waals surface area contributed by atoms with Crippen LogP contribution < -0.4 is 5.32 Å². The fourth-order valence-corrected chi connectivity index (χ4v) is 1.25. The molecule has 1 rings (SSSR count). The van der Waals surface area contributed by atoms with Crippen molar-refractivity contribution >= 4 is 11.7 Å². The van der Waals surface area contributed by atoms with E-state index >= 15 is 0 Å². The lowest BCUT2D eigenvalue weighted by atomic mass is 10.2. The number of aryl methyl sites for hydroxylation is 1. The number of methoxy groups -OCH3 is 1. The Kier molecular flexibility index (Phi) is 4.09. The molecule has 0 bridgehead atoms. The third-order valence-electron chi connectivity index (χ3n) is 2.08. The average molecular weight is 211 g/mol. The zero-order valence-electron chi connectivity index (χ0n) is 8.84. The fourth-order valence-electron chi connectivity index (χ4n) is 1.25. The highest BCUT2D eigenvalue weighted by Gasteiger charge is 2.05. The molecular weight excluding hydrogens is 197 g/mol. The van der Waals surface area contributed by atoms with Crippen LogP contribution in [0, 0.1) is 12.7 Å². The lowest BCUT2D eigenvalue weighted by Gasteiger charge is -2.09. The van der Waals surface area contributed by atoms with Crippen LogP contribution in [0.25, 0.3) is 0 Å². The Morgan fingerprint density at radius 2 is 2.27 bits per heavy atom. The largest absolute Gasteiger partial charge is 0.469 e. The molecule has 1 N–H and O–H groups in total. The summed E-state index contributed by atoms with van der Waals surface area (Å²) in [4.78, 5) is 10.8. The number of anilines is 1. The first kappa shape index (κ1) is 11.5. The first-order chi connectivity index (χ1) is 7.15. The summed E-state index contributed by atoms with van der Waals surface area (Å²) in [6, 6.07) is 4.84. The summed E-state index contributed by atoms with van der Waals surface area (Å²) in [6.07, 6.45) is 0.226. The minimum absolute atomic E-state index is 0.226. The molecule has 0 aliphatic heterocycles. The number of hydrogen-bond donors (Lipinski definition) is 1. The van der Waals surface area contributed by atoms with Crippen LogP contribution in [0.1, 0.15) is 12.0 Å². The molecule has 1 aromatic carbocycles. The Labute approximate surface area is 88.2 Å². The van der Waals surface area contributed by atoms with Crippen LogP contribution in [0.4, 0.5) is 10.1 Å². The molecule has 4 heteroatoms. The third-order valence-corrected chi connectivity index (χ3v) is 2.08. The lowest BCUT2D eigenvalue weighted by Crippen LogP contribution is -2.11. The summed E-state index contributed by atoms with van der Waals surface area (Å²) in [5.41, 5.74) is 1.27. The first-order valence-corrected chi connectivity index (χ1v) is 4.71. The zero-order valence-corrected chi connectivity index (χ0v) is 8.84. The molecule has 0 amide bonds. The second-order valence-electron chi connectivity index (χ2n) is 3.18. The van der Waals surface area contributed by atoms with Crippen molar-refractivity contribution in [1.29, 1.82) is 0 Å². The second-order valence-corrected chi connectivity index (χ2v) is 3.18. The van der Waals surface area contributed by atoms with Crippen molar-refractivity contribution in [2.24, 2.45) is 0 Å². The Morgan fingerprint density at radius 3 is 2.87 bits per heavy atom. The normalized spacial score (nSPS) is 9.80. The molecule has 0 radical (unpaired) electrons. The van der Waals surface area contributed by atoms with Crippen LogP contribution in [-0.2, 0) is 9.53 Å². The smallest absolute Gasteiger partial charge is 0.307 e. The van der Waals surface area contributed by atoms with Gasteiger partial charge in [-0.1, -0.05) is 12.1 Å². The summed E-state index contributed by atoms with van der Waals surface area (Å²) in [7, 11) is 1.33. The molecule has 0 fully saturated rings. The summed E-state index contributed by atoms with van der Waals surface area (Å²) in [5.74, 6) is -0.614. The maximum absolute atomic E-state index is 13.3. The van der Waals surface area contributed by atoms with Crippen molar-refractivity contribution in [3.63, 3.8) is 0 Å². The Balaban J connectivity index is 2.54. The van der Waals surface area contributed by atoms with E-state index in [1.165, 1.54) is 13.2 Å². The minimum atomic E-state index is -0.309. The number of ether oxygens (including phenoxy) is 1. The third kappa shape index (κ3) is 3.23. The van der Waals surface area contributed by atoms with E-state index in [9.17, 15) is 9.18 Å². The van der Waals surface area contributed by atoms with Crippen molar-refractivity contribution < 1.29 is 13.9 Å². The highest BCUT2D eigenvalue weighted by atomic mass is 19.1. The van der Waals surface area contributed by atoms with Crippen molar-refractivity contribution in [2.45, 2.75) is 13.3 Å². The average Bonchev–Trinajstić information content (AvgIpc) is 2.22. The van der Waals surface area contributed by atoms with Gasteiger partial charge in [-0.15, -0.1) is 0 Å². The van der Waals surface area contributed by atoms with Crippen molar-refractivity contribution in [3.05, 3.63) is 29.6 Å². The van der Waals surface area contributed by atoms with Gasteiger partial charge in [-0.2, -0.15) is 0 Å². The molecule has 0 aliphatic carbocycles. The maximum Gasteiger partial charge on any atom is 0.307 e. The topological polar surface area (TPSA) is 38.3 Å². The number of carbonyl (C=O) groups excluding carboxylic acids is 1. The molecule has 0 spiro atoms. The number of hydrogen-bond acceptors (Lipinski definition) is 3. The van der Waals surface area contributed by atoms with Crippen LogP contribution in [-0.4, -0.2) is 19.6 Å². The van der Waals surface area contributed by atoms with E-state index in [2.05, 4.69) is 10.1 Å². The van der Waals surface area contributed by atoms with Gasteiger partial charge in [0.05, 0.1) is 19.2 Å². The number of carbonyl (C=O) groups is 1. The zero-order chi connectivity index (χ0) is 11.3. The van der Waals surface area contributed by atoms with Crippen LogP contribution in [0.3, 0.4) is 0 Å². The summed E-state index contributed by atoms with van der Waals surface area (Å²) in [6.45, 7) is 2.18. The fraction of sp³-hybridized carbons (Fsp3) is 0.364. The molecule has 0 heterocycles. The predicted molar refractivity (Wildman–Crippen MR) is 56.3 cm³/mol. The highest BCUT2D eigenvalue weighted by molar-refractivity contribution is 5.70. The van der Waals surface area contributed by atoms with Gasteiger partial charge in [-0.3, -0.25) is 4.79 Å². The summed E-state index contributed by atoms with van der Waals surface area (Å²) >= 11 is 0. The molecule has 15 heavy (non-hydrogen) atoms. The van der Waals surface area contributed by atoms with E-state index in [1.807, 2.05) is 13.0 Å². The standard InChI is InChI=1S/C11H14FNO2/c1-8-4-3-5-9(12)11(8)13-7-6-10(14)15-2/h3-5,13H,6-7H2,1-2H3. The number of benzene rings is 1. The van der Waals surface area contributed by atoms with Gasteiger partial charge in [0.1, 0.15) is 5.82 Å². The predicted octanol–water partition coefficient (Wildman–Crippen LogP) is 2.11. The van der Waals surface area contributed by atoms with E-state index in [4.69, 9.17) is 0 Å². The molecule has 0 atom stereocenters. The van der Waals surface area contributed by atoms with Crippen LogP contribution in [0.5, 0.6) is 0 Å². The van der Waals surface area contributed by atoms with E-state index in [-0.39, 0.29) is 18.2 Å². The van der Waals surface area contributed by atoms with Crippen molar-refractivity contribution in [2.75, 3.05) is 19.0 Å². The molecule has 3 nitrogen and oxygen atoms in total. The van der Waals surface area contributed by atoms with E-state index in [1.54, 1.807) is 6.07 Å². The molecule has 0 aliphatic rings. The molecule has 0 aromatic heterocycles. The second kappa shape index (κ2) is 5.34. The van der Waals surface area contributed by atoms with E-state index in [0.717, 1.165) is 5.56 Å². The minimum Gasteiger partial charge on any atom is -0.469 e. The number of para-hydroxylation sites is 1. The van der Waals surface area contributed by atoms with E-state index < -0.39 is 0 Å². The Bertz CT molecular complexity index is 332. The number of esters is 1. The SMILES string of the molecule is COC(=O)CCNc1c(C)cccc1F. The maximum atomic E-state index is 13.3. The first-order valence-electron chi connectivity index (χ1n) is 4.71. The molecule has 0 saturated carbocycles. The van der Waals surface area contributed by atoms with Gasteiger partial charge in [0.2, 0.25) is 0 Å². The molecule has 0 saturated heterocycles. The quantitative estimate of drug-likeness (QED) is 0.775. The van der Waals surface area contributed by atoms with Gasteiger partial charge in [0.25, 0.3) is 0 Å². The summed E-state index contributed by atoms with van der Waals surface area (Å²) in [5, 5.41) is 2.87. The summed E-state index contributed by atoms with van der Waals surface area (Å²) < 4.78 is 17.8. The number of halogens is 1. The van der Waals surface area contributed by atoms with E-state index in [0.29, 0.717) is 12.2 Å². The molecule has 82 valence electrons.